The zero-order valence-electron chi connectivity index (χ0n) is 12.4. The summed E-state index contributed by atoms with van der Waals surface area (Å²) in [7, 11) is -3.91. The highest BCUT2D eigenvalue weighted by Crippen LogP contribution is 2.27. The van der Waals surface area contributed by atoms with Crippen molar-refractivity contribution in [3.63, 3.8) is 0 Å². The third kappa shape index (κ3) is 4.40. The molecule has 0 heterocycles. The maximum Gasteiger partial charge on any atom is 0.291 e. The highest BCUT2D eigenvalue weighted by molar-refractivity contribution is 7.89. The molecule has 0 spiro atoms. The molecule has 0 aliphatic carbocycles. The first kappa shape index (κ1) is 17.4. The van der Waals surface area contributed by atoms with Gasteiger partial charge >= 0.3 is 0 Å². The first-order valence-corrected chi connectivity index (χ1v) is 8.38. The Balaban J connectivity index is 3.25. The van der Waals surface area contributed by atoms with Crippen LogP contribution in [0.3, 0.4) is 0 Å². The molecule has 7 nitrogen and oxygen atoms in total. The van der Waals surface area contributed by atoms with Gasteiger partial charge in [0.2, 0.25) is 10.0 Å². The minimum Gasteiger partial charge on any atom is -0.385 e. The smallest absolute Gasteiger partial charge is 0.291 e. The quantitative estimate of drug-likeness (QED) is 0.567. The molecule has 1 aromatic carbocycles. The summed E-state index contributed by atoms with van der Waals surface area (Å²) in [6, 6.07) is 3.80. The molecule has 0 saturated carbocycles. The van der Waals surface area contributed by atoms with Crippen LogP contribution >= 0.6 is 0 Å². The molecule has 0 aromatic heterocycles. The van der Waals surface area contributed by atoms with E-state index in [4.69, 9.17) is 0 Å². The van der Waals surface area contributed by atoms with Gasteiger partial charge in [-0.15, -0.1) is 0 Å². The summed E-state index contributed by atoms with van der Waals surface area (Å²) < 4.78 is 27.1. The van der Waals surface area contributed by atoms with Gasteiger partial charge in [-0.1, -0.05) is 13.8 Å². The van der Waals surface area contributed by atoms with Crippen molar-refractivity contribution in [2.45, 2.75) is 44.6 Å². The lowest BCUT2D eigenvalue weighted by molar-refractivity contribution is -0.387. The molecular weight excluding hydrogens is 294 g/mol. The fourth-order valence-corrected chi connectivity index (χ4v) is 3.49. The highest BCUT2D eigenvalue weighted by atomic mass is 32.2. The van der Waals surface area contributed by atoms with Gasteiger partial charge in [-0.2, -0.15) is 0 Å². The second-order valence-corrected chi connectivity index (χ2v) is 6.29. The van der Waals surface area contributed by atoms with E-state index in [-0.39, 0.29) is 10.9 Å². The Bertz CT molecular complexity index is 597. The Morgan fingerprint density at radius 1 is 1.24 bits per heavy atom. The largest absolute Gasteiger partial charge is 0.385 e. The Labute approximate surface area is 124 Å². The molecule has 0 saturated heterocycles. The van der Waals surface area contributed by atoms with Crippen molar-refractivity contribution in [3.05, 3.63) is 28.3 Å². The molecule has 0 aliphatic heterocycles. The predicted octanol–water partition coefficient (Wildman–Crippen LogP) is 2.49. The average molecular weight is 315 g/mol. The lowest BCUT2D eigenvalue weighted by Gasteiger charge is -2.15. The molecule has 0 unspecified atom stereocenters. The molecule has 0 aliphatic rings. The molecule has 1 rings (SSSR count). The van der Waals surface area contributed by atoms with Crippen molar-refractivity contribution in [2.24, 2.45) is 0 Å². The Morgan fingerprint density at radius 2 is 1.86 bits per heavy atom. The second kappa shape index (κ2) is 7.37. The van der Waals surface area contributed by atoms with Gasteiger partial charge in [0.1, 0.15) is 0 Å². The van der Waals surface area contributed by atoms with Gasteiger partial charge in [0, 0.05) is 24.3 Å². The summed E-state index contributed by atoms with van der Waals surface area (Å²) in [6.07, 6.45) is 1.25. The van der Waals surface area contributed by atoms with E-state index in [1.165, 1.54) is 18.2 Å². The first-order chi connectivity index (χ1) is 9.85. The van der Waals surface area contributed by atoms with Crippen molar-refractivity contribution in [2.75, 3.05) is 11.9 Å². The van der Waals surface area contributed by atoms with E-state index in [0.29, 0.717) is 25.1 Å². The molecule has 0 radical (unpaired) electrons. The lowest BCUT2D eigenvalue weighted by Crippen LogP contribution is -2.34. The number of rotatable bonds is 8. The Morgan fingerprint density at radius 3 is 2.33 bits per heavy atom. The highest BCUT2D eigenvalue weighted by Gasteiger charge is 2.27. The van der Waals surface area contributed by atoms with Gasteiger partial charge in [-0.3, -0.25) is 10.1 Å². The summed E-state index contributed by atoms with van der Waals surface area (Å²) in [5.41, 5.74) is 0.0950. The summed E-state index contributed by atoms with van der Waals surface area (Å²) in [5, 5.41) is 14.1. The van der Waals surface area contributed by atoms with Crippen LogP contribution in [-0.2, 0) is 10.0 Å². The van der Waals surface area contributed by atoms with E-state index in [0.717, 1.165) is 0 Å². The molecule has 2 N–H and O–H groups in total. The zero-order chi connectivity index (χ0) is 16.0. The van der Waals surface area contributed by atoms with E-state index >= 15 is 0 Å². The maximum atomic E-state index is 12.3. The number of hydrogen-bond donors (Lipinski definition) is 2. The SMILES string of the molecule is CCNc1ccc(S(=O)(=O)NC(CC)CC)c([N+](=O)[O-])c1. The number of hydrogen-bond acceptors (Lipinski definition) is 5. The van der Waals surface area contributed by atoms with Gasteiger partial charge in [0.05, 0.1) is 4.92 Å². The summed E-state index contributed by atoms with van der Waals surface area (Å²) in [4.78, 5) is 10.2. The molecule has 0 atom stereocenters. The van der Waals surface area contributed by atoms with Crippen LogP contribution in [0.1, 0.15) is 33.6 Å². The van der Waals surface area contributed by atoms with Crippen LogP contribution in [0.5, 0.6) is 0 Å². The van der Waals surface area contributed by atoms with Gasteiger partial charge in [0.15, 0.2) is 4.90 Å². The third-order valence-electron chi connectivity index (χ3n) is 3.13. The van der Waals surface area contributed by atoms with E-state index in [1.54, 1.807) is 0 Å². The van der Waals surface area contributed by atoms with Crippen molar-refractivity contribution in [3.8, 4) is 0 Å². The van der Waals surface area contributed by atoms with Crippen LogP contribution in [0.2, 0.25) is 0 Å². The van der Waals surface area contributed by atoms with Crippen molar-refractivity contribution < 1.29 is 13.3 Å². The number of nitro groups is 1. The van der Waals surface area contributed by atoms with Crippen LogP contribution in [0.15, 0.2) is 23.1 Å². The second-order valence-electron chi connectivity index (χ2n) is 4.60. The fraction of sp³-hybridized carbons (Fsp3) is 0.538. The Kier molecular flexibility index (Phi) is 6.10. The van der Waals surface area contributed by atoms with Crippen LogP contribution in [0, 0.1) is 10.1 Å². The molecule has 0 amide bonds. The molecular formula is C13H21N3O4S. The zero-order valence-corrected chi connectivity index (χ0v) is 13.2. The van der Waals surface area contributed by atoms with Gasteiger partial charge in [-0.25, -0.2) is 13.1 Å². The van der Waals surface area contributed by atoms with Crippen LogP contribution in [-0.4, -0.2) is 25.9 Å². The lowest BCUT2D eigenvalue weighted by atomic mass is 10.2. The molecule has 0 fully saturated rings. The predicted molar refractivity (Wildman–Crippen MR) is 82.0 cm³/mol. The van der Waals surface area contributed by atoms with E-state index in [1.807, 2.05) is 20.8 Å². The number of nitro benzene ring substituents is 1. The van der Waals surface area contributed by atoms with Crippen LogP contribution < -0.4 is 10.0 Å². The topological polar surface area (TPSA) is 101 Å². The summed E-state index contributed by atoms with van der Waals surface area (Å²) in [6.45, 7) is 6.17. The van der Waals surface area contributed by atoms with Crippen molar-refractivity contribution in [1.82, 2.24) is 4.72 Å². The molecule has 118 valence electrons. The minimum absolute atomic E-state index is 0.233. The monoisotopic (exact) mass is 315 g/mol. The van der Waals surface area contributed by atoms with E-state index in [2.05, 4.69) is 10.0 Å². The van der Waals surface area contributed by atoms with Crippen LogP contribution in [0.25, 0.3) is 0 Å². The first-order valence-electron chi connectivity index (χ1n) is 6.90. The summed E-state index contributed by atoms with van der Waals surface area (Å²) >= 11 is 0. The van der Waals surface area contributed by atoms with Crippen molar-refractivity contribution in [1.29, 1.82) is 0 Å². The minimum atomic E-state index is -3.91. The normalized spacial score (nSPS) is 11.6. The number of nitrogens with zero attached hydrogens (tertiary/aromatic N) is 1. The number of nitrogens with one attached hydrogen (secondary N) is 2. The van der Waals surface area contributed by atoms with Crippen molar-refractivity contribution >= 4 is 21.4 Å². The van der Waals surface area contributed by atoms with Gasteiger partial charge in [0.25, 0.3) is 5.69 Å². The van der Waals surface area contributed by atoms with Gasteiger partial charge < -0.3 is 5.32 Å². The molecule has 21 heavy (non-hydrogen) atoms. The molecule has 1 aromatic rings. The maximum absolute atomic E-state index is 12.3. The average Bonchev–Trinajstić information content (AvgIpc) is 2.44. The standard InChI is InChI=1S/C13H21N3O4S/c1-4-10(5-2)15-21(19,20)13-8-7-11(14-6-3)9-12(13)16(17)18/h7-10,14-15H,4-6H2,1-3H3. The number of benzene rings is 1. The van der Waals surface area contributed by atoms with E-state index < -0.39 is 20.6 Å². The molecule has 0 bridgehead atoms. The third-order valence-corrected chi connectivity index (χ3v) is 4.70. The van der Waals surface area contributed by atoms with Crippen LogP contribution in [0.4, 0.5) is 11.4 Å². The van der Waals surface area contributed by atoms with Gasteiger partial charge in [-0.05, 0) is 31.9 Å². The molecule has 8 heteroatoms. The fourth-order valence-electron chi connectivity index (χ4n) is 1.94. The number of sulfonamides is 1. The number of anilines is 1. The Hall–Kier alpha value is -1.67. The summed E-state index contributed by atoms with van der Waals surface area (Å²) in [5.74, 6) is 0. The van der Waals surface area contributed by atoms with E-state index in [9.17, 15) is 18.5 Å².